The zero-order valence-corrected chi connectivity index (χ0v) is 10.8. The molecule has 0 aliphatic heterocycles. The van der Waals surface area contributed by atoms with Crippen LogP contribution in [0.25, 0.3) is 0 Å². The van der Waals surface area contributed by atoms with Crippen molar-refractivity contribution in [1.29, 1.82) is 0 Å². The molecule has 1 nitrogen and oxygen atoms in total. The van der Waals surface area contributed by atoms with Gasteiger partial charge in [0.05, 0.1) is 10.0 Å². The molecule has 0 N–H and O–H groups in total. The molecule has 0 saturated heterocycles. The van der Waals surface area contributed by atoms with Gasteiger partial charge in [-0.05, 0) is 23.6 Å². The second-order valence-corrected chi connectivity index (χ2v) is 4.94. The molecule has 0 bridgehead atoms. The van der Waals surface area contributed by atoms with Gasteiger partial charge in [-0.3, -0.25) is 4.79 Å². The maximum atomic E-state index is 11.5. The summed E-state index contributed by atoms with van der Waals surface area (Å²) in [5, 5.41) is 1.00. The van der Waals surface area contributed by atoms with Gasteiger partial charge in [0.2, 0.25) is 0 Å². The van der Waals surface area contributed by atoms with Crippen LogP contribution in [0, 0.1) is 0 Å². The Morgan fingerprint density at radius 2 is 2.13 bits per heavy atom. The fourth-order valence-corrected chi connectivity index (χ4v) is 2.02. The zero-order chi connectivity index (χ0) is 11.3. The maximum absolute atomic E-state index is 11.5. The summed E-state index contributed by atoms with van der Waals surface area (Å²) in [5.74, 6) is 1.06. The summed E-state index contributed by atoms with van der Waals surface area (Å²) in [6, 6.07) is 5.37. The summed E-state index contributed by atoms with van der Waals surface area (Å²) < 4.78 is 0. The lowest BCUT2D eigenvalue weighted by Gasteiger charge is -2.04. The van der Waals surface area contributed by atoms with Gasteiger partial charge >= 0.3 is 0 Å². The quantitative estimate of drug-likeness (QED) is 0.802. The Hall–Kier alpha value is -0.180. The van der Waals surface area contributed by atoms with E-state index in [4.69, 9.17) is 23.2 Å². The highest BCUT2D eigenvalue weighted by Gasteiger charge is 2.08. The maximum Gasteiger partial charge on any atom is 0.138 e. The minimum atomic E-state index is 0.202. The number of Topliss-reactive ketones (excluding diaryl/α,β-unsaturated/α-hetero) is 1. The number of halogens is 2. The molecule has 0 amide bonds. The van der Waals surface area contributed by atoms with Gasteiger partial charge in [0.1, 0.15) is 5.78 Å². The first kappa shape index (κ1) is 12.9. The van der Waals surface area contributed by atoms with E-state index in [0.717, 1.165) is 11.3 Å². The van der Waals surface area contributed by atoms with Gasteiger partial charge in [0.15, 0.2) is 0 Å². The van der Waals surface area contributed by atoms with E-state index in [1.54, 1.807) is 17.8 Å². The Kier molecular flexibility index (Phi) is 5.51. The van der Waals surface area contributed by atoms with Crippen LogP contribution in [0.5, 0.6) is 0 Å². The summed E-state index contributed by atoms with van der Waals surface area (Å²) >= 11 is 13.5. The monoisotopic (exact) mass is 262 g/mol. The standard InChI is InChI=1S/C11H12Cl2OS/c1-15-6-5-9(14)7-8-3-2-4-10(12)11(8)13/h2-4H,5-7H2,1H3. The summed E-state index contributed by atoms with van der Waals surface area (Å²) in [7, 11) is 0. The fourth-order valence-electron chi connectivity index (χ4n) is 1.20. The molecule has 0 aliphatic carbocycles. The Morgan fingerprint density at radius 3 is 2.80 bits per heavy atom. The van der Waals surface area contributed by atoms with Gasteiger partial charge in [0.25, 0.3) is 0 Å². The molecule has 1 aromatic carbocycles. The van der Waals surface area contributed by atoms with E-state index in [1.165, 1.54) is 0 Å². The van der Waals surface area contributed by atoms with Crippen LogP contribution >= 0.6 is 35.0 Å². The van der Waals surface area contributed by atoms with Crippen molar-refractivity contribution in [1.82, 2.24) is 0 Å². The van der Waals surface area contributed by atoms with E-state index in [9.17, 15) is 4.79 Å². The number of carbonyl (C=O) groups excluding carboxylic acids is 1. The molecule has 0 aromatic heterocycles. The summed E-state index contributed by atoms with van der Waals surface area (Å²) in [6.07, 6.45) is 2.95. The van der Waals surface area contributed by atoms with Crippen LogP contribution in [0.2, 0.25) is 10.0 Å². The van der Waals surface area contributed by atoms with Crippen molar-refractivity contribution in [2.45, 2.75) is 12.8 Å². The van der Waals surface area contributed by atoms with Crippen LogP contribution in [0.4, 0.5) is 0 Å². The highest BCUT2D eigenvalue weighted by molar-refractivity contribution is 7.98. The molecule has 0 aliphatic rings. The topological polar surface area (TPSA) is 17.1 Å². The lowest BCUT2D eigenvalue weighted by Crippen LogP contribution is -2.04. The van der Waals surface area contributed by atoms with E-state index >= 15 is 0 Å². The summed E-state index contributed by atoms with van der Waals surface area (Å²) in [5.41, 5.74) is 0.815. The third kappa shape index (κ3) is 4.06. The largest absolute Gasteiger partial charge is 0.299 e. The van der Waals surface area contributed by atoms with Crippen molar-refractivity contribution >= 4 is 40.7 Å². The van der Waals surface area contributed by atoms with Gasteiger partial charge in [-0.2, -0.15) is 11.8 Å². The van der Waals surface area contributed by atoms with Crippen LogP contribution in [0.3, 0.4) is 0 Å². The predicted octanol–water partition coefficient (Wildman–Crippen LogP) is 3.86. The third-order valence-electron chi connectivity index (χ3n) is 2.00. The van der Waals surface area contributed by atoms with Gasteiger partial charge in [-0.1, -0.05) is 35.3 Å². The molecule has 15 heavy (non-hydrogen) atoms. The lowest BCUT2D eigenvalue weighted by molar-refractivity contribution is -0.118. The lowest BCUT2D eigenvalue weighted by atomic mass is 10.1. The minimum absolute atomic E-state index is 0.202. The molecule has 82 valence electrons. The molecule has 0 radical (unpaired) electrons. The molecule has 1 rings (SSSR count). The number of rotatable bonds is 5. The fraction of sp³-hybridized carbons (Fsp3) is 0.364. The van der Waals surface area contributed by atoms with Gasteiger partial charge in [-0.15, -0.1) is 0 Å². The molecule has 0 spiro atoms. The second-order valence-electron chi connectivity index (χ2n) is 3.17. The number of carbonyl (C=O) groups is 1. The first-order valence-electron chi connectivity index (χ1n) is 4.58. The van der Waals surface area contributed by atoms with Gasteiger partial charge in [-0.25, -0.2) is 0 Å². The third-order valence-corrected chi connectivity index (χ3v) is 3.47. The van der Waals surface area contributed by atoms with E-state index in [-0.39, 0.29) is 5.78 Å². The van der Waals surface area contributed by atoms with Crippen molar-refractivity contribution in [2.75, 3.05) is 12.0 Å². The smallest absolute Gasteiger partial charge is 0.138 e. The highest BCUT2D eigenvalue weighted by Crippen LogP contribution is 2.26. The van der Waals surface area contributed by atoms with E-state index < -0.39 is 0 Å². The molecule has 0 heterocycles. The number of benzene rings is 1. The molecule has 0 fully saturated rings. The molecule has 0 atom stereocenters. The number of hydrogen-bond donors (Lipinski definition) is 0. The Labute approximate surface area is 104 Å². The Balaban J connectivity index is 2.64. The predicted molar refractivity (Wildman–Crippen MR) is 68.2 cm³/mol. The van der Waals surface area contributed by atoms with Crippen molar-refractivity contribution in [3.8, 4) is 0 Å². The van der Waals surface area contributed by atoms with Gasteiger partial charge in [0, 0.05) is 12.8 Å². The highest BCUT2D eigenvalue weighted by atomic mass is 35.5. The zero-order valence-electron chi connectivity index (χ0n) is 8.43. The van der Waals surface area contributed by atoms with Crippen molar-refractivity contribution in [2.24, 2.45) is 0 Å². The first-order chi connectivity index (χ1) is 7.15. The first-order valence-corrected chi connectivity index (χ1v) is 6.73. The normalized spacial score (nSPS) is 10.3. The summed E-state index contributed by atoms with van der Waals surface area (Å²) in [4.78, 5) is 11.5. The Morgan fingerprint density at radius 1 is 1.40 bits per heavy atom. The summed E-state index contributed by atoms with van der Waals surface area (Å²) in [6.45, 7) is 0. The van der Waals surface area contributed by atoms with Crippen molar-refractivity contribution in [3.05, 3.63) is 33.8 Å². The van der Waals surface area contributed by atoms with E-state index in [0.29, 0.717) is 22.9 Å². The average Bonchev–Trinajstić information content (AvgIpc) is 2.22. The van der Waals surface area contributed by atoms with Crippen LogP contribution in [0.1, 0.15) is 12.0 Å². The number of thioether (sulfide) groups is 1. The average molecular weight is 263 g/mol. The molecular weight excluding hydrogens is 251 g/mol. The molecule has 1 aromatic rings. The van der Waals surface area contributed by atoms with Crippen LogP contribution in [-0.2, 0) is 11.2 Å². The van der Waals surface area contributed by atoms with Crippen molar-refractivity contribution in [3.63, 3.8) is 0 Å². The van der Waals surface area contributed by atoms with Gasteiger partial charge < -0.3 is 0 Å². The molecule has 4 heteroatoms. The number of ketones is 1. The van der Waals surface area contributed by atoms with E-state index in [1.807, 2.05) is 18.4 Å². The van der Waals surface area contributed by atoms with E-state index in [2.05, 4.69) is 0 Å². The molecular formula is C11H12Cl2OS. The SMILES string of the molecule is CSCCC(=O)Cc1cccc(Cl)c1Cl. The second kappa shape index (κ2) is 6.41. The number of hydrogen-bond acceptors (Lipinski definition) is 2. The Bertz CT molecular complexity index is 352. The van der Waals surface area contributed by atoms with Crippen LogP contribution in [-0.4, -0.2) is 17.8 Å². The minimum Gasteiger partial charge on any atom is -0.299 e. The van der Waals surface area contributed by atoms with Crippen LogP contribution < -0.4 is 0 Å². The van der Waals surface area contributed by atoms with Crippen LogP contribution in [0.15, 0.2) is 18.2 Å². The molecule has 0 unspecified atom stereocenters. The van der Waals surface area contributed by atoms with Crippen molar-refractivity contribution < 1.29 is 4.79 Å². The molecule has 0 saturated carbocycles.